The van der Waals surface area contributed by atoms with Crippen molar-refractivity contribution in [1.29, 1.82) is 0 Å². The Morgan fingerprint density at radius 1 is 1.47 bits per heavy atom. The monoisotopic (exact) mass is 209 g/mol. The normalized spacial score (nSPS) is 18.6. The summed E-state index contributed by atoms with van der Waals surface area (Å²) in [5, 5.41) is 9.30. The molecule has 1 aromatic carbocycles. The number of β-amino-alcohol motifs (C(OH)–C–C–N with tert-alkyl or cyclic N) is 1. The molecule has 0 saturated heterocycles. The van der Waals surface area contributed by atoms with E-state index >= 15 is 0 Å². The number of hydrogen-bond donors (Lipinski definition) is 1. The topological polar surface area (TPSA) is 23.5 Å². The maximum atomic E-state index is 12.9. The molecule has 3 heteroatoms. The summed E-state index contributed by atoms with van der Waals surface area (Å²) in [5.74, 6) is -0.155. The molecule has 0 spiro atoms. The van der Waals surface area contributed by atoms with Gasteiger partial charge in [-0.1, -0.05) is 6.07 Å². The Morgan fingerprint density at radius 2 is 2.27 bits per heavy atom. The molecule has 0 radical (unpaired) electrons. The van der Waals surface area contributed by atoms with Gasteiger partial charge in [-0.15, -0.1) is 0 Å². The maximum Gasteiger partial charge on any atom is 0.123 e. The van der Waals surface area contributed by atoms with Crippen molar-refractivity contribution in [3.63, 3.8) is 0 Å². The number of fused-ring (bicyclic) bond motifs is 1. The van der Waals surface area contributed by atoms with Gasteiger partial charge >= 0.3 is 0 Å². The highest BCUT2D eigenvalue weighted by molar-refractivity contribution is 5.29. The van der Waals surface area contributed by atoms with Crippen molar-refractivity contribution in [3.8, 4) is 0 Å². The average Bonchev–Trinajstić information content (AvgIpc) is 2.17. The van der Waals surface area contributed by atoms with Gasteiger partial charge in [-0.2, -0.15) is 0 Å². The first-order valence-electron chi connectivity index (χ1n) is 5.33. The Labute approximate surface area is 89.3 Å². The molecular weight excluding hydrogens is 193 g/mol. The summed E-state index contributed by atoms with van der Waals surface area (Å²) in [6, 6.07) is 4.97. The molecule has 1 heterocycles. The summed E-state index contributed by atoms with van der Waals surface area (Å²) >= 11 is 0. The third kappa shape index (κ3) is 2.55. The van der Waals surface area contributed by atoms with E-state index in [0.717, 1.165) is 25.1 Å². The van der Waals surface area contributed by atoms with Gasteiger partial charge in [0.05, 0.1) is 6.10 Å². The van der Waals surface area contributed by atoms with Crippen LogP contribution in [0.25, 0.3) is 0 Å². The minimum Gasteiger partial charge on any atom is -0.392 e. The van der Waals surface area contributed by atoms with Gasteiger partial charge in [-0.25, -0.2) is 4.39 Å². The van der Waals surface area contributed by atoms with Gasteiger partial charge < -0.3 is 5.11 Å². The van der Waals surface area contributed by atoms with E-state index in [1.54, 1.807) is 13.0 Å². The van der Waals surface area contributed by atoms with Crippen LogP contribution in [0.15, 0.2) is 18.2 Å². The van der Waals surface area contributed by atoms with Crippen molar-refractivity contribution in [1.82, 2.24) is 4.90 Å². The Kier molecular flexibility index (Phi) is 3.03. The van der Waals surface area contributed by atoms with Crippen molar-refractivity contribution in [2.24, 2.45) is 0 Å². The lowest BCUT2D eigenvalue weighted by atomic mass is 9.99. The molecule has 0 fully saturated rings. The lowest BCUT2D eigenvalue weighted by Crippen LogP contribution is -2.35. The zero-order chi connectivity index (χ0) is 10.8. The molecule has 15 heavy (non-hydrogen) atoms. The van der Waals surface area contributed by atoms with Crippen LogP contribution in [0.3, 0.4) is 0 Å². The van der Waals surface area contributed by atoms with E-state index in [9.17, 15) is 9.50 Å². The number of hydrogen-bond acceptors (Lipinski definition) is 2. The molecule has 2 nitrogen and oxygen atoms in total. The van der Waals surface area contributed by atoms with Gasteiger partial charge in [0, 0.05) is 19.6 Å². The molecule has 0 aromatic heterocycles. The molecule has 1 aliphatic rings. The predicted octanol–water partition coefficient (Wildman–Crippen LogP) is 1.56. The first-order valence-corrected chi connectivity index (χ1v) is 5.33. The highest BCUT2D eigenvalue weighted by atomic mass is 19.1. The van der Waals surface area contributed by atoms with E-state index in [0.29, 0.717) is 6.54 Å². The van der Waals surface area contributed by atoms with Crippen LogP contribution >= 0.6 is 0 Å². The molecule has 1 atom stereocenters. The fraction of sp³-hybridized carbons (Fsp3) is 0.500. The molecule has 0 amide bonds. The maximum absolute atomic E-state index is 12.9. The van der Waals surface area contributed by atoms with Gasteiger partial charge in [0.15, 0.2) is 0 Å². The second-order valence-corrected chi connectivity index (χ2v) is 4.25. The quantitative estimate of drug-likeness (QED) is 0.799. The lowest BCUT2D eigenvalue weighted by molar-refractivity contribution is 0.119. The molecule has 0 unspecified atom stereocenters. The Hall–Kier alpha value is -0.930. The zero-order valence-corrected chi connectivity index (χ0v) is 8.91. The van der Waals surface area contributed by atoms with Crippen LogP contribution in [0, 0.1) is 5.82 Å². The van der Waals surface area contributed by atoms with E-state index in [-0.39, 0.29) is 11.9 Å². The van der Waals surface area contributed by atoms with E-state index in [1.165, 1.54) is 11.6 Å². The van der Waals surface area contributed by atoms with E-state index in [1.807, 2.05) is 6.07 Å². The zero-order valence-electron chi connectivity index (χ0n) is 8.91. The molecule has 1 aliphatic heterocycles. The molecule has 1 aromatic rings. The van der Waals surface area contributed by atoms with Crippen molar-refractivity contribution in [2.45, 2.75) is 26.0 Å². The molecule has 0 saturated carbocycles. The summed E-state index contributed by atoms with van der Waals surface area (Å²) in [5.41, 5.74) is 2.29. The van der Waals surface area contributed by atoms with Crippen LogP contribution in [0.1, 0.15) is 18.1 Å². The largest absolute Gasteiger partial charge is 0.392 e. The summed E-state index contributed by atoms with van der Waals surface area (Å²) in [4.78, 5) is 2.20. The van der Waals surface area contributed by atoms with E-state index in [2.05, 4.69) is 4.90 Å². The third-order valence-corrected chi connectivity index (χ3v) is 2.78. The Balaban J connectivity index is 2.10. The molecule has 0 bridgehead atoms. The summed E-state index contributed by atoms with van der Waals surface area (Å²) in [6.45, 7) is 4.21. The van der Waals surface area contributed by atoms with Crippen LogP contribution in [-0.2, 0) is 13.0 Å². The van der Waals surface area contributed by atoms with Gasteiger partial charge in [-0.3, -0.25) is 4.90 Å². The minimum atomic E-state index is -0.299. The van der Waals surface area contributed by atoms with Gasteiger partial charge in [0.2, 0.25) is 0 Å². The smallest absolute Gasteiger partial charge is 0.123 e. The van der Waals surface area contributed by atoms with Gasteiger partial charge in [0.25, 0.3) is 0 Å². The number of rotatable bonds is 2. The SMILES string of the molecule is C[C@@H](O)CN1CCc2cc(F)ccc2C1. The minimum absolute atomic E-state index is 0.155. The fourth-order valence-corrected chi connectivity index (χ4v) is 2.11. The van der Waals surface area contributed by atoms with Crippen LogP contribution in [-0.4, -0.2) is 29.2 Å². The second-order valence-electron chi connectivity index (χ2n) is 4.25. The lowest BCUT2D eigenvalue weighted by Gasteiger charge is -2.29. The second kappa shape index (κ2) is 4.29. The molecule has 1 N–H and O–H groups in total. The number of aliphatic hydroxyl groups excluding tert-OH is 1. The van der Waals surface area contributed by atoms with Crippen molar-refractivity contribution in [2.75, 3.05) is 13.1 Å². The van der Waals surface area contributed by atoms with E-state index in [4.69, 9.17) is 0 Å². The van der Waals surface area contributed by atoms with E-state index < -0.39 is 0 Å². The number of halogens is 1. The fourth-order valence-electron chi connectivity index (χ4n) is 2.11. The van der Waals surface area contributed by atoms with Crippen LogP contribution < -0.4 is 0 Å². The van der Waals surface area contributed by atoms with Crippen molar-refractivity contribution >= 4 is 0 Å². The van der Waals surface area contributed by atoms with Gasteiger partial charge in [-0.05, 0) is 36.6 Å². The summed E-state index contributed by atoms with van der Waals surface area (Å²) < 4.78 is 12.9. The molecular formula is C12H16FNO. The first kappa shape index (κ1) is 10.6. The molecule has 0 aliphatic carbocycles. The number of aliphatic hydroxyl groups is 1. The van der Waals surface area contributed by atoms with Crippen molar-refractivity contribution in [3.05, 3.63) is 35.1 Å². The Morgan fingerprint density at radius 3 is 3.00 bits per heavy atom. The molecule has 82 valence electrons. The van der Waals surface area contributed by atoms with Crippen LogP contribution in [0.4, 0.5) is 4.39 Å². The number of nitrogens with zero attached hydrogens (tertiary/aromatic N) is 1. The number of benzene rings is 1. The van der Waals surface area contributed by atoms with Crippen LogP contribution in [0.2, 0.25) is 0 Å². The van der Waals surface area contributed by atoms with Crippen molar-refractivity contribution < 1.29 is 9.50 Å². The highest BCUT2D eigenvalue weighted by Crippen LogP contribution is 2.19. The predicted molar refractivity (Wildman–Crippen MR) is 57.1 cm³/mol. The Bertz CT molecular complexity index is 351. The highest BCUT2D eigenvalue weighted by Gasteiger charge is 2.17. The summed E-state index contributed by atoms with van der Waals surface area (Å²) in [7, 11) is 0. The standard InChI is InChI=1S/C12H16FNO/c1-9(15)7-14-5-4-10-6-12(13)3-2-11(10)8-14/h2-3,6,9,15H,4-5,7-8H2,1H3/t9-/m1/s1. The third-order valence-electron chi connectivity index (χ3n) is 2.78. The average molecular weight is 209 g/mol. The molecule has 2 rings (SSSR count). The van der Waals surface area contributed by atoms with Crippen LogP contribution in [0.5, 0.6) is 0 Å². The summed E-state index contributed by atoms with van der Waals surface area (Å²) in [6.07, 6.45) is 0.576. The first-order chi connectivity index (χ1) is 7.15. The van der Waals surface area contributed by atoms with Gasteiger partial charge in [0.1, 0.15) is 5.82 Å².